The second-order valence-corrected chi connectivity index (χ2v) is 15.9. The minimum Gasteiger partial charge on any atom is -0.370 e. The van der Waals surface area contributed by atoms with E-state index < -0.39 is 90.1 Å². The Kier molecular flexibility index (Phi) is 20.0. The van der Waals surface area contributed by atoms with Crippen LogP contribution in [0, 0.1) is 5.92 Å². The zero-order valence-corrected chi connectivity index (χ0v) is 34.9. The molecule has 60 heavy (non-hydrogen) atoms. The summed E-state index contributed by atoms with van der Waals surface area (Å²) in [5.41, 5.74) is 12.2. The van der Waals surface area contributed by atoms with Gasteiger partial charge in [0.2, 0.25) is 53.2 Å². The molecular weight excluding hydrogens is 795 g/mol. The van der Waals surface area contributed by atoms with E-state index in [0.717, 1.165) is 0 Å². The van der Waals surface area contributed by atoms with Gasteiger partial charge in [-0.15, -0.1) is 0 Å². The van der Waals surface area contributed by atoms with Crippen LogP contribution in [0.1, 0.15) is 63.5 Å². The number of thioether (sulfide) groups is 1. The summed E-state index contributed by atoms with van der Waals surface area (Å²) in [5.74, 6) is -5.49. The van der Waals surface area contributed by atoms with Crippen molar-refractivity contribution in [3.8, 4) is 0 Å². The van der Waals surface area contributed by atoms with E-state index in [4.69, 9.17) is 11.5 Å². The van der Waals surface area contributed by atoms with Gasteiger partial charge in [0.25, 0.3) is 0 Å². The fraction of sp³-hybridized carbons (Fsp3) is 0.488. The monoisotopic (exact) mass is 851 g/mol. The van der Waals surface area contributed by atoms with E-state index in [2.05, 4.69) is 37.2 Å². The van der Waals surface area contributed by atoms with E-state index in [1.165, 1.54) is 11.8 Å². The fourth-order valence-electron chi connectivity index (χ4n) is 6.33. The van der Waals surface area contributed by atoms with Crippen molar-refractivity contribution in [2.24, 2.45) is 17.4 Å². The molecule has 0 spiro atoms. The number of primary amides is 2. The van der Waals surface area contributed by atoms with E-state index >= 15 is 0 Å². The number of nitrogens with two attached hydrogens (primary N) is 2. The molecule has 6 atom stereocenters. The number of rotatable bonds is 25. The highest BCUT2D eigenvalue weighted by atomic mass is 32.2. The Morgan fingerprint density at radius 3 is 1.73 bits per heavy atom. The third-order valence-corrected chi connectivity index (χ3v) is 10.2. The Morgan fingerprint density at radius 1 is 0.700 bits per heavy atom. The number of nitrogens with one attached hydrogen (secondary N) is 7. The molecule has 1 aliphatic heterocycles. The lowest BCUT2D eigenvalue weighted by Gasteiger charge is -2.26. The SMILES string of the molecule is CSCC[C@H](NC(=O)[C@H](CC(C)C)NC(=O)CNC(=O)[C@H](Cc1ccccc1)NC(=O)[C@H](Cc1ccccc1)NC(=O)[C@H](CCC(N)=O)NC(=O)[C@H]1CCC(=O)N1)C(N)=O. The fourth-order valence-corrected chi connectivity index (χ4v) is 6.81. The minimum atomic E-state index is -1.31. The largest absolute Gasteiger partial charge is 0.370 e. The molecule has 1 heterocycles. The summed E-state index contributed by atoms with van der Waals surface area (Å²) < 4.78 is 0. The third kappa shape index (κ3) is 17.1. The van der Waals surface area contributed by atoms with Crippen LogP contribution in [0.5, 0.6) is 0 Å². The maximum atomic E-state index is 14.1. The number of amides is 9. The molecule has 2 aromatic carbocycles. The standard InChI is InChI=1S/C41H57N9O9S/c1-24(2)20-30(40(58)47-27(36(43)54)18-19-60-3)46-35(53)23-44-37(55)31(21-25-10-6-4-7-11-25)49-41(59)32(22-26-12-8-5-9-13-26)50-39(57)29(14-16-33(42)51)48-38(56)28-15-17-34(52)45-28/h4-13,24,27-32H,14-23H2,1-3H3,(H2,42,51)(H2,43,54)(H,44,55)(H,45,52)(H,46,53)(H,47,58)(H,48,56)(H,49,59)(H,50,57)/t27-,28+,29-,30-,31-,32-/m0/s1. The van der Waals surface area contributed by atoms with E-state index in [-0.39, 0.29) is 56.8 Å². The van der Waals surface area contributed by atoms with Gasteiger partial charge in [0.05, 0.1) is 6.54 Å². The average molecular weight is 852 g/mol. The summed E-state index contributed by atoms with van der Waals surface area (Å²) in [6.45, 7) is 3.14. The molecular formula is C41H57N9O9S. The molecule has 326 valence electrons. The Labute approximate surface area is 353 Å². The van der Waals surface area contributed by atoms with Crippen molar-refractivity contribution in [1.82, 2.24) is 37.2 Å². The maximum Gasteiger partial charge on any atom is 0.243 e. The number of hydrogen-bond acceptors (Lipinski definition) is 10. The normalized spacial score (nSPS) is 15.9. The van der Waals surface area contributed by atoms with Crippen molar-refractivity contribution in [2.45, 2.75) is 101 Å². The zero-order chi connectivity index (χ0) is 44.2. The first kappa shape index (κ1) is 48.4. The van der Waals surface area contributed by atoms with Gasteiger partial charge >= 0.3 is 0 Å². The summed E-state index contributed by atoms with van der Waals surface area (Å²) in [6, 6.07) is 10.8. The van der Waals surface area contributed by atoms with Crippen molar-refractivity contribution in [3.63, 3.8) is 0 Å². The topological polar surface area (TPSA) is 290 Å². The highest BCUT2D eigenvalue weighted by Gasteiger charge is 2.34. The second-order valence-electron chi connectivity index (χ2n) is 14.9. The molecule has 3 rings (SSSR count). The van der Waals surface area contributed by atoms with Gasteiger partial charge in [0.1, 0.15) is 36.3 Å². The van der Waals surface area contributed by atoms with Crippen LogP contribution in [0.15, 0.2) is 60.7 Å². The van der Waals surface area contributed by atoms with Gasteiger partial charge in [-0.1, -0.05) is 74.5 Å². The van der Waals surface area contributed by atoms with Gasteiger partial charge in [-0.05, 0) is 54.7 Å². The minimum absolute atomic E-state index is 0.0145. The van der Waals surface area contributed by atoms with Crippen molar-refractivity contribution >= 4 is 64.9 Å². The van der Waals surface area contributed by atoms with Gasteiger partial charge in [-0.2, -0.15) is 11.8 Å². The molecule has 0 unspecified atom stereocenters. The molecule has 18 nitrogen and oxygen atoms in total. The number of benzene rings is 2. The van der Waals surface area contributed by atoms with Crippen LogP contribution >= 0.6 is 11.8 Å². The van der Waals surface area contributed by atoms with Crippen LogP contribution in [-0.2, 0) is 56.0 Å². The van der Waals surface area contributed by atoms with Crippen LogP contribution in [0.3, 0.4) is 0 Å². The third-order valence-electron chi connectivity index (χ3n) is 9.51. The Balaban J connectivity index is 1.81. The van der Waals surface area contributed by atoms with Gasteiger partial charge in [0.15, 0.2) is 0 Å². The number of hydrogen-bond donors (Lipinski definition) is 9. The molecule has 9 amide bonds. The lowest BCUT2D eigenvalue weighted by molar-refractivity contribution is -0.134. The molecule has 1 aliphatic rings. The predicted octanol–water partition coefficient (Wildman–Crippen LogP) is -1.16. The first-order valence-electron chi connectivity index (χ1n) is 19.8. The van der Waals surface area contributed by atoms with Crippen LogP contribution in [0.2, 0.25) is 0 Å². The van der Waals surface area contributed by atoms with Crippen LogP contribution in [0.25, 0.3) is 0 Å². The van der Waals surface area contributed by atoms with Crippen LogP contribution < -0.4 is 48.7 Å². The van der Waals surface area contributed by atoms with Crippen molar-refractivity contribution in [3.05, 3.63) is 71.8 Å². The van der Waals surface area contributed by atoms with Crippen LogP contribution in [0.4, 0.5) is 0 Å². The smallest absolute Gasteiger partial charge is 0.243 e. The molecule has 19 heteroatoms. The summed E-state index contributed by atoms with van der Waals surface area (Å²) in [4.78, 5) is 117. The average Bonchev–Trinajstić information content (AvgIpc) is 3.65. The van der Waals surface area contributed by atoms with E-state index in [1.54, 1.807) is 60.7 Å². The first-order valence-corrected chi connectivity index (χ1v) is 21.2. The van der Waals surface area contributed by atoms with Gasteiger partial charge in [-0.25, -0.2) is 0 Å². The molecule has 1 fully saturated rings. The molecule has 0 saturated carbocycles. The van der Waals surface area contributed by atoms with E-state index in [9.17, 15) is 43.2 Å². The van der Waals surface area contributed by atoms with Gasteiger partial charge in [-0.3, -0.25) is 43.2 Å². The Hall–Kier alpha value is -5.98. The summed E-state index contributed by atoms with van der Waals surface area (Å²) >= 11 is 1.48. The first-order chi connectivity index (χ1) is 28.6. The summed E-state index contributed by atoms with van der Waals surface area (Å²) in [7, 11) is 0. The highest BCUT2D eigenvalue weighted by Crippen LogP contribution is 2.11. The quantitative estimate of drug-likeness (QED) is 0.0578. The molecule has 0 bridgehead atoms. The van der Waals surface area contributed by atoms with Gasteiger partial charge < -0.3 is 48.7 Å². The van der Waals surface area contributed by atoms with E-state index in [1.807, 2.05) is 20.1 Å². The number of carbonyl (C=O) groups excluding carboxylic acids is 9. The summed E-state index contributed by atoms with van der Waals surface area (Å²) in [5, 5.41) is 18.2. The lowest BCUT2D eigenvalue weighted by atomic mass is 10.0. The van der Waals surface area contributed by atoms with Crippen molar-refractivity contribution in [2.75, 3.05) is 18.6 Å². The number of carbonyl (C=O) groups is 9. The molecule has 0 radical (unpaired) electrons. The molecule has 11 N–H and O–H groups in total. The predicted molar refractivity (Wildman–Crippen MR) is 224 cm³/mol. The van der Waals surface area contributed by atoms with E-state index in [0.29, 0.717) is 23.3 Å². The molecule has 1 saturated heterocycles. The van der Waals surface area contributed by atoms with Gasteiger partial charge in [0, 0.05) is 25.7 Å². The summed E-state index contributed by atoms with van der Waals surface area (Å²) in [6.07, 6.45) is 2.20. The Bertz CT molecular complexity index is 1820. The molecule has 0 aromatic heterocycles. The van der Waals surface area contributed by atoms with Crippen molar-refractivity contribution < 1.29 is 43.2 Å². The highest BCUT2D eigenvalue weighted by molar-refractivity contribution is 7.98. The Morgan fingerprint density at radius 2 is 1.23 bits per heavy atom. The van der Waals surface area contributed by atoms with Crippen LogP contribution in [-0.4, -0.2) is 108 Å². The lowest BCUT2D eigenvalue weighted by Crippen LogP contribution is -2.59. The maximum absolute atomic E-state index is 14.1. The van der Waals surface area contributed by atoms with Crippen molar-refractivity contribution in [1.29, 1.82) is 0 Å². The molecule has 0 aliphatic carbocycles. The second kappa shape index (κ2) is 24.8. The zero-order valence-electron chi connectivity index (χ0n) is 34.1. The molecule has 2 aromatic rings.